The zero-order chi connectivity index (χ0) is 17.6. The second-order valence-electron chi connectivity index (χ2n) is 6.90. The number of para-hydroxylation sites is 1. The van der Waals surface area contributed by atoms with Crippen LogP contribution in [0.3, 0.4) is 0 Å². The number of phenols is 1. The van der Waals surface area contributed by atoms with E-state index in [4.69, 9.17) is 4.74 Å². The maximum Gasteiger partial charge on any atom is 0.122 e. The molecule has 1 aliphatic rings. The van der Waals surface area contributed by atoms with Gasteiger partial charge in [-0.25, -0.2) is 0 Å². The van der Waals surface area contributed by atoms with Crippen molar-refractivity contribution in [2.45, 2.75) is 37.8 Å². The number of aliphatic hydroxyl groups excluding tert-OH is 1. The van der Waals surface area contributed by atoms with Gasteiger partial charge in [-0.15, -0.1) is 0 Å². The number of phenolic OH excluding ortho intramolecular Hbond substituents is 1. The predicted molar refractivity (Wildman–Crippen MR) is 99.1 cm³/mol. The van der Waals surface area contributed by atoms with E-state index in [2.05, 4.69) is 18.0 Å². The third-order valence-corrected chi connectivity index (χ3v) is 4.94. The van der Waals surface area contributed by atoms with Gasteiger partial charge in [-0.3, -0.25) is 0 Å². The molecule has 2 N–H and O–H groups in total. The molecule has 2 aromatic carbocycles. The third-order valence-electron chi connectivity index (χ3n) is 4.94. The molecule has 4 heteroatoms. The van der Waals surface area contributed by atoms with Crippen LogP contribution in [0.5, 0.6) is 11.5 Å². The van der Waals surface area contributed by atoms with Gasteiger partial charge in [0, 0.05) is 12.6 Å². The van der Waals surface area contributed by atoms with Gasteiger partial charge in [0.15, 0.2) is 0 Å². The molecule has 3 rings (SSSR count). The Morgan fingerprint density at radius 3 is 2.72 bits per heavy atom. The Labute approximate surface area is 149 Å². The van der Waals surface area contributed by atoms with Crippen LogP contribution in [-0.4, -0.2) is 47.5 Å². The number of benzene rings is 2. The van der Waals surface area contributed by atoms with E-state index in [-0.39, 0.29) is 6.10 Å². The van der Waals surface area contributed by atoms with Gasteiger partial charge < -0.3 is 19.8 Å². The molecule has 4 nitrogen and oxygen atoms in total. The van der Waals surface area contributed by atoms with Crippen LogP contribution in [0.2, 0.25) is 0 Å². The van der Waals surface area contributed by atoms with E-state index >= 15 is 0 Å². The van der Waals surface area contributed by atoms with E-state index < -0.39 is 0 Å². The Kier molecular flexibility index (Phi) is 5.95. The molecular formula is C21H27NO3. The van der Waals surface area contributed by atoms with Gasteiger partial charge in [0.2, 0.25) is 0 Å². The molecule has 1 aliphatic heterocycles. The summed E-state index contributed by atoms with van der Waals surface area (Å²) in [6.45, 7) is 1.41. The van der Waals surface area contributed by atoms with Gasteiger partial charge in [0.1, 0.15) is 11.5 Å². The Bertz CT molecular complexity index is 688. The van der Waals surface area contributed by atoms with Gasteiger partial charge >= 0.3 is 0 Å². The molecule has 0 aromatic heterocycles. The van der Waals surface area contributed by atoms with Crippen LogP contribution in [0.1, 0.15) is 24.0 Å². The van der Waals surface area contributed by atoms with Crippen LogP contribution >= 0.6 is 0 Å². The van der Waals surface area contributed by atoms with Crippen molar-refractivity contribution in [3.63, 3.8) is 0 Å². The van der Waals surface area contributed by atoms with Crippen molar-refractivity contribution in [3.8, 4) is 11.5 Å². The van der Waals surface area contributed by atoms with Crippen LogP contribution < -0.4 is 4.74 Å². The average molecular weight is 341 g/mol. The first-order chi connectivity index (χ1) is 12.1. The van der Waals surface area contributed by atoms with Crippen molar-refractivity contribution < 1.29 is 14.9 Å². The molecule has 0 saturated carbocycles. The number of likely N-dealkylation sites (tertiary alicyclic amines) is 1. The molecule has 2 aromatic rings. The summed E-state index contributed by atoms with van der Waals surface area (Å²) in [7, 11) is 2.06. The van der Waals surface area contributed by atoms with Crippen LogP contribution in [-0.2, 0) is 12.8 Å². The second kappa shape index (κ2) is 8.37. The van der Waals surface area contributed by atoms with Crippen LogP contribution in [0.15, 0.2) is 48.5 Å². The van der Waals surface area contributed by atoms with Crippen LogP contribution in [0.4, 0.5) is 0 Å². The molecule has 0 spiro atoms. The summed E-state index contributed by atoms with van der Waals surface area (Å²) >= 11 is 0. The maximum atomic E-state index is 9.73. The molecule has 1 saturated heterocycles. The summed E-state index contributed by atoms with van der Waals surface area (Å²) in [6.07, 6.45) is 3.30. The van der Waals surface area contributed by atoms with Crippen molar-refractivity contribution in [2.24, 2.45) is 0 Å². The molecule has 1 heterocycles. The summed E-state index contributed by atoms with van der Waals surface area (Å²) < 4.78 is 6.04. The maximum absolute atomic E-state index is 9.73. The SMILES string of the molecule is CN1C[C@H](O)C[C@H]1CCOc1ccccc1CCc1cccc(O)c1. The topological polar surface area (TPSA) is 52.9 Å². The lowest BCUT2D eigenvalue weighted by Crippen LogP contribution is -2.26. The Morgan fingerprint density at radius 2 is 1.96 bits per heavy atom. The van der Waals surface area contributed by atoms with Gasteiger partial charge in [0.05, 0.1) is 12.7 Å². The van der Waals surface area contributed by atoms with Gasteiger partial charge in [-0.05, 0) is 62.1 Å². The van der Waals surface area contributed by atoms with E-state index in [0.717, 1.165) is 43.5 Å². The van der Waals surface area contributed by atoms with Crippen molar-refractivity contribution in [3.05, 3.63) is 59.7 Å². The molecule has 0 radical (unpaired) electrons. The van der Waals surface area contributed by atoms with Crippen LogP contribution in [0, 0.1) is 0 Å². The Morgan fingerprint density at radius 1 is 1.12 bits per heavy atom. The lowest BCUT2D eigenvalue weighted by Gasteiger charge is -2.19. The smallest absolute Gasteiger partial charge is 0.122 e. The molecule has 25 heavy (non-hydrogen) atoms. The number of aryl methyl sites for hydroxylation is 2. The molecule has 2 atom stereocenters. The molecule has 134 valence electrons. The molecular weight excluding hydrogens is 314 g/mol. The number of aliphatic hydroxyl groups is 1. The molecule has 0 unspecified atom stereocenters. The summed E-state index contributed by atoms with van der Waals surface area (Å²) in [4.78, 5) is 2.21. The third kappa shape index (κ3) is 4.97. The van der Waals surface area contributed by atoms with Gasteiger partial charge in [0.25, 0.3) is 0 Å². The lowest BCUT2D eigenvalue weighted by atomic mass is 10.0. The zero-order valence-corrected chi connectivity index (χ0v) is 14.8. The highest BCUT2D eigenvalue weighted by Crippen LogP contribution is 2.23. The highest BCUT2D eigenvalue weighted by molar-refractivity contribution is 5.35. The quantitative estimate of drug-likeness (QED) is 0.813. The summed E-state index contributed by atoms with van der Waals surface area (Å²) in [6, 6.07) is 16.0. The second-order valence-corrected chi connectivity index (χ2v) is 6.90. The normalized spacial score (nSPS) is 20.7. The van der Waals surface area contributed by atoms with Gasteiger partial charge in [-0.2, -0.15) is 0 Å². The summed E-state index contributed by atoms with van der Waals surface area (Å²) in [5, 5.41) is 19.3. The van der Waals surface area contributed by atoms with Crippen LogP contribution in [0.25, 0.3) is 0 Å². The van der Waals surface area contributed by atoms with Crippen molar-refractivity contribution in [1.82, 2.24) is 4.90 Å². The number of ether oxygens (including phenoxy) is 1. The van der Waals surface area contributed by atoms with Crippen molar-refractivity contribution in [1.29, 1.82) is 0 Å². The largest absolute Gasteiger partial charge is 0.508 e. The average Bonchev–Trinajstić information content (AvgIpc) is 2.91. The number of hydrogen-bond acceptors (Lipinski definition) is 4. The number of aromatic hydroxyl groups is 1. The minimum Gasteiger partial charge on any atom is -0.508 e. The van der Waals surface area contributed by atoms with Crippen molar-refractivity contribution in [2.75, 3.05) is 20.2 Å². The minimum absolute atomic E-state index is 0.204. The Balaban J connectivity index is 1.54. The van der Waals surface area contributed by atoms with E-state index in [9.17, 15) is 10.2 Å². The first-order valence-electron chi connectivity index (χ1n) is 8.99. The first-order valence-corrected chi connectivity index (χ1v) is 8.99. The highest BCUT2D eigenvalue weighted by atomic mass is 16.5. The van der Waals surface area contributed by atoms with Gasteiger partial charge in [-0.1, -0.05) is 30.3 Å². The first kappa shape index (κ1) is 17.8. The van der Waals surface area contributed by atoms with E-state index in [1.807, 2.05) is 36.4 Å². The minimum atomic E-state index is -0.204. The van der Waals surface area contributed by atoms with E-state index in [1.54, 1.807) is 6.07 Å². The highest BCUT2D eigenvalue weighted by Gasteiger charge is 2.27. The fourth-order valence-electron chi connectivity index (χ4n) is 3.54. The fourth-order valence-corrected chi connectivity index (χ4v) is 3.54. The number of hydrogen-bond donors (Lipinski definition) is 2. The number of β-amino-alcohol motifs (C(OH)–C–C–N with tert-alkyl or cyclic N) is 1. The number of rotatable bonds is 7. The van der Waals surface area contributed by atoms with E-state index in [1.165, 1.54) is 5.56 Å². The number of likely N-dealkylation sites (N-methyl/N-ethyl adjacent to an activating group) is 1. The number of nitrogens with zero attached hydrogens (tertiary/aromatic N) is 1. The zero-order valence-electron chi connectivity index (χ0n) is 14.8. The molecule has 1 fully saturated rings. The van der Waals surface area contributed by atoms with Crippen molar-refractivity contribution >= 4 is 0 Å². The standard InChI is InChI=1S/C21H27NO3/c1-22-15-20(24)14-18(22)11-12-25-21-8-3-2-6-17(21)10-9-16-5-4-7-19(23)13-16/h2-8,13,18,20,23-24H,9-12,14-15H2,1H3/t18-,20-/m1/s1. The lowest BCUT2D eigenvalue weighted by molar-refractivity contribution is 0.182. The summed E-state index contributed by atoms with van der Waals surface area (Å²) in [5.74, 6) is 1.24. The Hall–Kier alpha value is -2.04. The molecule has 0 amide bonds. The monoisotopic (exact) mass is 341 g/mol. The van der Waals surface area contributed by atoms with E-state index in [0.29, 0.717) is 18.4 Å². The molecule has 0 bridgehead atoms. The predicted octanol–water partition coefficient (Wildman–Crippen LogP) is 3.01. The summed E-state index contributed by atoms with van der Waals surface area (Å²) in [5.41, 5.74) is 2.31. The molecule has 0 aliphatic carbocycles. The fraction of sp³-hybridized carbons (Fsp3) is 0.429.